The topological polar surface area (TPSA) is 81.7 Å². The zero-order valence-corrected chi connectivity index (χ0v) is 13.9. The highest BCUT2D eigenvalue weighted by atomic mass is 16.6. The Balaban J connectivity index is 1.25. The number of cyclic esters (lactones) is 1. The van der Waals surface area contributed by atoms with Gasteiger partial charge in [-0.2, -0.15) is 0 Å². The van der Waals surface area contributed by atoms with Crippen molar-refractivity contribution in [3.63, 3.8) is 0 Å². The van der Waals surface area contributed by atoms with Gasteiger partial charge in [0.1, 0.15) is 0 Å². The molecule has 132 valence electrons. The molecule has 5 rings (SSSR count). The molecule has 1 saturated heterocycles. The molecule has 5 aliphatic rings. The van der Waals surface area contributed by atoms with E-state index in [1.165, 1.54) is 19.3 Å². The SMILES string of the molecule is O=C(CCNC(=O)C12CC3CC(CC(C3)C1)C2)O[C@@H]1CCOC1=O. The summed E-state index contributed by atoms with van der Waals surface area (Å²) in [6, 6.07) is 0. The Morgan fingerprint density at radius 2 is 1.75 bits per heavy atom. The molecule has 1 aliphatic heterocycles. The van der Waals surface area contributed by atoms with Crippen molar-refractivity contribution in [1.29, 1.82) is 0 Å². The minimum atomic E-state index is -0.767. The number of carbonyl (C=O) groups excluding carboxylic acids is 3. The van der Waals surface area contributed by atoms with Crippen LogP contribution < -0.4 is 5.32 Å². The Kier molecular flexibility index (Phi) is 4.01. The maximum Gasteiger partial charge on any atom is 0.347 e. The normalized spacial score (nSPS) is 39.6. The van der Waals surface area contributed by atoms with Crippen molar-refractivity contribution >= 4 is 17.8 Å². The summed E-state index contributed by atoms with van der Waals surface area (Å²) in [5.74, 6) is 1.36. The zero-order valence-electron chi connectivity index (χ0n) is 13.9. The van der Waals surface area contributed by atoms with Gasteiger partial charge in [0, 0.05) is 18.4 Å². The summed E-state index contributed by atoms with van der Waals surface area (Å²) in [5, 5.41) is 2.95. The lowest BCUT2D eigenvalue weighted by Crippen LogP contribution is -2.53. The molecule has 0 aromatic heterocycles. The third-order valence-electron chi connectivity index (χ3n) is 6.30. The summed E-state index contributed by atoms with van der Waals surface area (Å²) >= 11 is 0. The summed E-state index contributed by atoms with van der Waals surface area (Å²) in [4.78, 5) is 35.8. The first-order valence-electron chi connectivity index (χ1n) is 9.18. The molecule has 4 aliphatic carbocycles. The number of rotatable bonds is 5. The van der Waals surface area contributed by atoms with Crippen LogP contribution in [0.2, 0.25) is 0 Å². The van der Waals surface area contributed by atoms with Crippen LogP contribution in [0.15, 0.2) is 0 Å². The van der Waals surface area contributed by atoms with Crippen molar-refractivity contribution in [3.05, 3.63) is 0 Å². The Bertz CT molecular complexity index is 522. The molecule has 0 spiro atoms. The van der Waals surface area contributed by atoms with Gasteiger partial charge in [-0.3, -0.25) is 9.59 Å². The monoisotopic (exact) mass is 335 g/mol. The number of ether oxygens (including phenoxy) is 2. The van der Waals surface area contributed by atoms with E-state index in [1.54, 1.807) is 0 Å². The number of hydrogen-bond acceptors (Lipinski definition) is 5. The number of amides is 1. The highest BCUT2D eigenvalue weighted by Crippen LogP contribution is 2.60. The summed E-state index contributed by atoms with van der Waals surface area (Å²) in [7, 11) is 0. The molecular formula is C18H25NO5. The minimum absolute atomic E-state index is 0.0991. The first-order valence-corrected chi connectivity index (χ1v) is 9.18. The zero-order chi connectivity index (χ0) is 16.7. The first-order chi connectivity index (χ1) is 11.5. The van der Waals surface area contributed by atoms with Crippen LogP contribution in [-0.4, -0.2) is 37.1 Å². The van der Waals surface area contributed by atoms with Crippen molar-refractivity contribution in [3.8, 4) is 0 Å². The maximum absolute atomic E-state index is 12.7. The van der Waals surface area contributed by atoms with Gasteiger partial charge in [-0.05, 0) is 56.3 Å². The van der Waals surface area contributed by atoms with E-state index in [4.69, 9.17) is 9.47 Å². The molecule has 6 nitrogen and oxygen atoms in total. The second-order valence-corrected chi connectivity index (χ2v) is 8.14. The molecular weight excluding hydrogens is 310 g/mol. The quantitative estimate of drug-likeness (QED) is 0.771. The van der Waals surface area contributed by atoms with Crippen LogP contribution in [0.3, 0.4) is 0 Å². The minimum Gasteiger partial charge on any atom is -0.463 e. The van der Waals surface area contributed by atoms with Crippen LogP contribution in [0, 0.1) is 23.2 Å². The third-order valence-corrected chi connectivity index (χ3v) is 6.30. The summed E-state index contributed by atoms with van der Waals surface area (Å²) < 4.78 is 9.85. The van der Waals surface area contributed by atoms with Crippen LogP contribution >= 0.6 is 0 Å². The molecule has 1 atom stereocenters. The lowest BCUT2D eigenvalue weighted by molar-refractivity contribution is -0.160. The van der Waals surface area contributed by atoms with Crippen molar-refractivity contribution in [2.75, 3.05) is 13.2 Å². The van der Waals surface area contributed by atoms with Crippen molar-refractivity contribution < 1.29 is 23.9 Å². The van der Waals surface area contributed by atoms with E-state index in [9.17, 15) is 14.4 Å². The molecule has 1 heterocycles. The van der Waals surface area contributed by atoms with Gasteiger partial charge in [0.2, 0.25) is 12.0 Å². The molecule has 24 heavy (non-hydrogen) atoms. The van der Waals surface area contributed by atoms with E-state index in [2.05, 4.69) is 5.32 Å². The van der Waals surface area contributed by atoms with E-state index < -0.39 is 18.0 Å². The van der Waals surface area contributed by atoms with Gasteiger partial charge in [-0.15, -0.1) is 0 Å². The van der Waals surface area contributed by atoms with Gasteiger partial charge >= 0.3 is 11.9 Å². The Morgan fingerprint density at radius 1 is 1.12 bits per heavy atom. The van der Waals surface area contributed by atoms with Gasteiger partial charge in [0.15, 0.2) is 0 Å². The molecule has 1 amide bonds. The largest absolute Gasteiger partial charge is 0.463 e. The molecule has 0 aromatic carbocycles. The number of esters is 2. The molecule has 4 bridgehead atoms. The molecule has 0 unspecified atom stereocenters. The fraction of sp³-hybridized carbons (Fsp3) is 0.833. The predicted molar refractivity (Wildman–Crippen MR) is 83.7 cm³/mol. The van der Waals surface area contributed by atoms with Crippen LogP contribution in [0.1, 0.15) is 51.4 Å². The first kappa shape index (κ1) is 15.9. The van der Waals surface area contributed by atoms with Gasteiger partial charge in [-0.25, -0.2) is 4.79 Å². The standard InChI is InChI=1S/C18H25NO5/c20-15(24-14-2-4-23-16(14)21)1-3-19-17(22)18-8-11-5-12(9-18)7-13(6-11)10-18/h11-14H,1-10H2,(H,19,22)/t11?,12?,13?,14-,18?/m1/s1. The fourth-order valence-electron chi connectivity index (χ4n) is 5.66. The predicted octanol–water partition coefficient (Wildman–Crippen LogP) is 1.57. The number of carbonyl (C=O) groups is 3. The van der Waals surface area contributed by atoms with Gasteiger partial charge < -0.3 is 14.8 Å². The van der Waals surface area contributed by atoms with E-state index in [1.807, 2.05) is 0 Å². The van der Waals surface area contributed by atoms with Gasteiger partial charge in [0.05, 0.1) is 13.0 Å². The summed E-state index contributed by atoms with van der Waals surface area (Å²) in [5.41, 5.74) is -0.187. The highest BCUT2D eigenvalue weighted by Gasteiger charge is 2.54. The second kappa shape index (κ2) is 6.05. The van der Waals surface area contributed by atoms with Crippen LogP contribution in [0.5, 0.6) is 0 Å². The van der Waals surface area contributed by atoms with Crippen LogP contribution in [0.25, 0.3) is 0 Å². The summed E-state index contributed by atoms with van der Waals surface area (Å²) in [6.45, 7) is 0.584. The molecule has 0 aromatic rings. The second-order valence-electron chi connectivity index (χ2n) is 8.14. The molecule has 5 fully saturated rings. The molecule has 4 saturated carbocycles. The average molecular weight is 335 g/mol. The highest BCUT2D eigenvalue weighted by molar-refractivity contribution is 5.84. The van der Waals surface area contributed by atoms with Gasteiger partial charge in [-0.1, -0.05) is 0 Å². The molecule has 6 heteroatoms. The smallest absolute Gasteiger partial charge is 0.347 e. The lowest BCUT2D eigenvalue weighted by Gasteiger charge is -2.55. The molecule has 0 radical (unpaired) electrons. The Morgan fingerprint density at radius 3 is 2.29 bits per heavy atom. The van der Waals surface area contributed by atoms with E-state index in [0.29, 0.717) is 13.0 Å². The van der Waals surface area contributed by atoms with Crippen LogP contribution in [-0.2, 0) is 23.9 Å². The third kappa shape index (κ3) is 2.91. The Labute approximate surface area is 141 Å². The fourth-order valence-corrected chi connectivity index (χ4v) is 5.66. The lowest BCUT2D eigenvalue weighted by atomic mass is 9.49. The summed E-state index contributed by atoms with van der Waals surface area (Å²) in [6.07, 6.45) is 6.71. The average Bonchev–Trinajstić information content (AvgIpc) is 2.91. The number of hydrogen-bond donors (Lipinski definition) is 1. The Hall–Kier alpha value is -1.59. The van der Waals surface area contributed by atoms with E-state index >= 15 is 0 Å². The van der Waals surface area contributed by atoms with E-state index in [-0.39, 0.29) is 24.3 Å². The van der Waals surface area contributed by atoms with Gasteiger partial charge in [0.25, 0.3) is 0 Å². The number of nitrogens with one attached hydrogen (secondary N) is 1. The van der Waals surface area contributed by atoms with Crippen molar-refractivity contribution in [1.82, 2.24) is 5.32 Å². The van der Waals surface area contributed by atoms with Crippen molar-refractivity contribution in [2.45, 2.75) is 57.5 Å². The van der Waals surface area contributed by atoms with Crippen molar-refractivity contribution in [2.24, 2.45) is 23.2 Å². The van der Waals surface area contributed by atoms with Crippen LogP contribution in [0.4, 0.5) is 0 Å². The maximum atomic E-state index is 12.7. The van der Waals surface area contributed by atoms with E-state index in [0.717, 1.165) is 37.0 Å². The molecule has 1 N–H and O–H groups in total.